The van der Waals surface area contributed by atoms with E-state index in [2.05, 4.69) is 0 Å². The van der Waals surface area contributed by atoms with E-state index in [4.69, 9.17) is 25.8 Å². The number of amides is 2. The van der Waals surface area contributed by atoms with Crippen LogP contribution in [0.4, 0.5) is 4.79 Å². The molecule has 2 fully saturated rings. The van der Waals surface area contributed by atoms with Crippen molar-refractivity contribution in [2.24, 2.45) is 17.8 Å². The van der Waals surface area contributed by atoms with Crippen LogP contribution in [0, 0.1) is 17.8 Å². The molecule has 1 aromatic rings. The van der Waals surface area contributed by atoms with Crippen LogP contribution < -0.4 is 4.72 Å². The summed E-state index contributed by atoms with van der Waals surface area (Å²) >= 11 is 5.93. The van der Waals surface area contributed by atoms with Gasteiger partial charge in [0.1, 0.15) is 23.9 Å². The normalized spacial score (nSPS) is 39.9. The van der Waals surface area contributed by atoms with Gasteiger partial charge in [0.25, 0.3) is 10.0 Å². The first-order chi connectivity index (χ1) is 24.3. The van der Waals surface area contributed by atoms with Crippen LogP contribution in [0.2, 0.25) is 5.02 Å². The molecule has 2 saturated heterocycles. The van der Waals surface area contributed by atoms with Crippen LogP contribution in [0.1, 0.15) is 74.7 Å². The standard InChI is InChI=1S/C36H60ClN3O12S/c1-11-27-36(8,47)30(43)23(6)40(34(45)38-53(48,49)25-14-12-24(37)13-15-25)18-19(2)17-35(7,46)31(21(4)28(41)22(5)32(44)51-27)52-33-29(42)26(39(9)10)16-20(3)50-33/h12-15,19-23,26-31,33,41-43,46-47H,11,16-18H2,1-10H3,(H,38,45)/t19-,20-,21+,22-,23-,26+,27-,28+,29-,30-,31-,33+,35-,36-/m1/s1. The summed E-state index contributed by atoms with van der Waals surface area (Å²) in [4.78, 5) is 30.1. The Hall–Kier alpha value is -2.12. The number of likely N-dealkylation sites (N-methyl/N-ethyl adjacent to an activating group) is 1. The van der Waals surface area contributed by atoms with E-state index in [1.807, 2.05) is 30.6 Å². The monoisotopic (exact) mass is 793 g/mol. The predicted molar refractivity (Wildman–Crippen MR) is 196 cm³/mol. The van der Waals surface area contributed by atoms with E-state index in [0.29, 0.717) is 6.42 Å². The van der Waals surface area contributed by atoms with Crippen LogP contribution in [0.5, 0.6) is 0 Å². The second kappa shape index (κ2) is 17.8. The maximum atomic E-state index is 13.9. The summed E-state index contributed by atoms with van der Waals surface area (Å²) in [6.45, 7) is 12.0. The molecule has 14 atom stereocenters. The molecular formula is C36H60ClN3O12S. The number of rotatable bonds is 6. The van der Waals surface area contributed by atoms with E-state index in [9.17, 15) is 43.5 Å². The van der Waals surface area contributed by atoms with Gasteiger partial charge in [0, 0.05) is 23.5 Å². The van der Waals surface area contributed by atoms with Crippen molar-refractivity contribution >= 4 is 33.6 Å². The molecule has 1 aromatic carbocycles. The number of halogens is 1. The molecule has 3 rings (SSSR count). The Morgan fingerprint density at radius 3 is 2.19 bits per heavy atom. The number of esters is 1. The van der Waals surface area contributed by atoms with E-state index < -0.39 is 93.8 Å². The van der Waals surface area contributed by atoms with Crippen molar-refractivity contribution in [2.45, 2.75) is 146 Å². The van der Waals surface area contributed by atoms with Gasteiger partial charge in [0.2, 0.25) is 0 Å². The van der Waals surface area contributed by atoms with Crippen molar-refractivity contribution in [3.05, 3.63) is 29.3 Å². The van der Waals surface area contributed by atoms with Gasteiger partial charge in [0.15, 0.2) is 6.29 Å². The Bertz CT molecular complexity index is 1500. The largest absolute Gasteiger partial charge is 0.459 e. The van der Waals surface area contributed by atoms with Gasteiger partial charge in [-0.1, -0.05) is 32.4 Å². The SMILES string of the molecule is CC[C@H]1OC(=O)[C@H](C)[C@@H](O)[C@H](C)[C@@H](O[C@@H]2O[C@H](C)C[C@H](N(C)C)[C@H]2O)[C@](C)(O)C[C@@H](C)CN(C(=O)NS(=O)(=O)c2ccc(Cl)cc2)[C@H](C)[C@@H](O)[C@]1(C)O. The molecule has 2 heterocycles. The molecule has 53 heavy (non-hydrogen) atoms. The van der Waals surface area contributed by atoms with Crippen molar-refractivity contribution in [1.82, 2.24) is 14.5 Å². The molecule has 2 aliphatic rings. The van der Waals surface area contributed by atoms with Crippen LogP contribution in [-0.4, -0.2) is 143 Å². The Morgan fingerprint density at radius 1 is 1.06 bits per heavy atom. The fourth-order valence-electron chi connectivity index (χ4n) is 7.62. The molecule has 0 aromatic heterocycles. The molecule has 0 spiro atoms. The van der Waals surface area contributed by atoms with Crippen LogP contribution in [0.15, 0.2) is 29.2 Å². The number of hydrogen-bond donors (Lipinski definition) is 6. The highest BCUT2D eigenvalue weighted by atomic mass is 35.5. The summed E-state index contributed by atoms with van der Waals surface area (Å²) in [5, 5.41) is 58.7. The first-order valence-corrected chi connectivity index (χ1v) is 20.0. The number of sulfonamides is 1. The molecule has 15 nitrogen and oxygen atoms in total. The maximum absolute atomic E-state index is 13.9. The smallest absolute Gasteiger partial charge is 0.331 e. The van der Waals surface area contributed by atoms with E-state index in [1.54, 1.807) is 20.8 Å². The minimum Gasteiger partial charge on any atom is -0.459 e. The van der Waals surface area contributed by atoms with Crippen molar-refractivity contribution in [3.63, 3.8) is 0 Å². The van der Waals surface area contributed by atoms with Crippen molar-refractivity contribution in [2.75, 3.05) is 20.6 Å². The number of carbonyl (C=O) groups excluding carboxylic acids is 2. The molecule has 6 N–H and O–H groups in total. The Morgan fingerprint density at radius 2 is 1.64 bits per heavy atom. The summed E-state index contributed by atoms with van der Waals surface area (Å²) < 4.78 is 46.7. The lowest BCUT2D eigenvalue weighted by molar-refractivity contribution is -0.299. The molecule has 2 amide bonds. The van der Waals surface area contributed by atoms with E-state index in [0.717, 1.165) is 4.90 Å². The van der Waals surface area contributed by atoms with Crippen molar-refractivity contribution in [1.29, 1.82) is 0 Å². The third-order valence-electron chi connectivity index (χ3n) is 10.8. The predicted octanol–water partition coefficient (Wildman–Crippen LogP) is 2.10. The van der Waals surface area contributed by atoms with Crippen LogP contribution in [0.25, 0.3) is 0 Å². The number of aliphatic hydroxyl groups is 5. The van der Waals surface area contributed by atoms with Crippen LogP contribution in [0.3, 0.4) is 0 Å². The summed E-state index contributed by atoms with van der Waals surface area (Å²) in [6.07, 6.45) is -8.14. The number of benzene rings is 1. The average Bonchev–Trinajstić information content (AvgIpc) is 3.06. The second-order valence-corrected chi connectivity index (χ2v) is 17.8. The minimum atomic E-state index is -4.44. The number of nitrogens with zero attached hydrogens (tertiary/aromatic N) is 2. The van der Waals surface area contributed by atoms with Gasteiger partial charge in [-0.2, -0.15) is 0 Å². The second-order valence-electron chi connectivity index (χ2n) is 15.7. The van der Waals surface area contributed by atoms with Gasteiger partial charge >= 0.3 is 12.0 Å². The molecule has 0 aliphatic carbocycles. The maximum Gasteiger partial charge on any atom is 0.331 e. The Balaban J connectivity index is 2.11. The highest BCUT2D eigenvalue weighted by Crippen LogP contribution is 2.37. The zero-order valence-electron chi connectivity index (χ0n) is 32.3. The van der Waals surface area contributed by atoms with Gasteiger partial charge in [-0.15, -0.1) is 0 Å². The number of hydrogen-bond acceptors (Lipinski definition) is 13. The van der Waals surface area contributed by atoms with Crippen LogP contribution >= 0.6 is 11.6 Å². The number of ether oxygens (including phenoxy) is 3. The average molecular weight is 794 g/mol. The van der Waals surface area contributed by atoms with Gasteiger partial charge < -0.3 is 49.5 Å². The molecule has 17 heteroatoms. The van der Waals surface area contributed by atoms with Gasteiger partial charge in [-0.05, 0) is 98.2 Å². The lowest BCUT2D eigenvalue weighted by Gasteiger charge is -2.46. The van der Waals surface area contributed by atoms with Crippen molar-refractivity contribution in [3.8, 4) is 0 Å². The first kappa shape index (κ1) is 45.3. The summed E-state index contributed by atoms with van der Waals surface area (Å²) in [7, 11) is -0.818. The topological polar surface area (TPSA) is 216 Å². The van der Waals surface area contributed by atoms with Crippen molar-refractivity contribution < 1.29 is 57.8 Å². The highest BCUT2D eigenvalue weighted by Gasteiger charge is 2.50. The summed E-state index contributed by atoms with van der Waals surface area (Å²) in [6, 6.07) is 2.38. The van der Waals surface area contributed by atoms with E-state index in [1.165, 1.54) is 52.0 Å². The number of urea groups is 1. The molecule has 0 unspecified atom stereocenters. The number of cyclic esters (lactones) is 1. The quantitative estimate of drug-likeness (QED) is 0.228. The zero-order valence-corrected chi connectivity index (χ0v) is 33.9. The minimum absolute atomic E-state index is 0.0248. The first-order valence-electron chi connectivity index (χ1n) is 18.1. The summed E-state index contributed by atoms with van der Waals surface area (Å²) in [5.74, 6) is -3.74. The molecule has 0 radical (unpaired) electrons. The van der Waals surface area contributed by atoms with E-state index in [-0.39, 0.29) is 41.5 Å². The molecule has 0 saturated carbocycles. The third kappa shape index (κ3) is 10.6. The Kier molecular flexibility index (Phi) is 15.2. The highest BCUT2D eigenvalue weighted by molar-refractivity contribution is 7.90. The van der Waals surface area contributed by atoms with Gasteiger partial charge in [0.05, 0.1) is 40.8 Å². The van der Waals surface area contributed by atoms with Gasteiger partial charge in [-0.25, -0.2) is 17.9 Å². The zero-order chi connectivity index (χ0) is 40.4. The number of aliphatic hydroxyl groups excluding tert-OH is 3. The summed E-state index contributed by atoms with van der Waals surface area (Å²) in [5.41, 5.74) is -3.99. The third-order valence-corrected chi connectivity index (χ3v) is 12.4. The lowest BCUT2D eigenvalue weighted by Crippen LogP contribution is -2.61. The molecule has 2 aliphatic heterocycles. The molecule has 304 valence electrons. The Labute approximate surface area is 318 Å². The molecular weight excluding hydrogens is 734 g/mol. The van der Waals surface area contributed by atoms with Crippen LogP contribution in [-0.2, 0) is 29.0 Å². The fourth-order valence-corrected chi connectivity index (χ4v) is 8.71. The number of nitrogens with one attached hydrogen (secondary N) is 1. The van der Waals surface area contributed by atoms with Gasteiger partial charge in [-0.3, -0.25) is 4.79 Å². The number of carbonyl (C=O) groups is 2. The van der Waals surface area contributed by atoms with E-state index >= 15 is 0 Å². The lowest BCUT2D eigenvalue weighted by atomic mass is 9.78. The molecule has 0 bridgehead atoms. The fraction of sp³-hybridized carbons (Fsp3) is 0.778.